The van der Waals surface area contributed by atoms with Crippen LogP contribution in [0.2, 0.25) is 0 Å². The zero-order valence-corrected chi connectivity index (χ0v) is 9.77. The molecule has 0 saturated carbocycles. The number of halogens is 2. The van der Waals surface area contributed by atoms with Crippen molar-refractivity contribution < 1.29 is 8.78 Å². The fourth-order valence-corrected chi connectivity index (χ4v) is 1.64. The van der Waals surface area contributed by atoms with Gasteiger partial charge in [0.1, 0.15) is 17.7 Å². The minimum Gasteiger partial charge on any atom is -0.397 e. The molecule has 2 rings (SSSR count). The van der Waals surface area contributed by atoms with Crippen LogP contribution in [0.1, 0.15) is 11.1 Å². The van der Waals surface area contributed by atoms with Gasteiger partial charge >= 0.3 is 0 Å². The fourth-order valence-electron chi connectivity index (χ4n) is 1.64. The van der Waals surface area contributed by atoms with E-state index in [4.69, 9.17) is 11.0 Å². The van der Waals surface area contributed by atoms with Gasteiger partial charge in [0.2, 0.25) is 0 Å². The minimum absolute atomic E-state index is 0.00485. The Morgan fingerprint density at radius 1 is 1.16 bits per heavy atom. The lowest BCUT2D eigenvalue weighted by atomic mass is 10.0. The second kappa shape index (κ2) is 5.27. The second-order valence-electron chi connectivity index (χ2n) is 3.76. The first-order chi connectivity index (χ1) is 9.13. The first kappa shape index (κ1) is 12.7. The van der Waals surface area contributed by atoms with Gasteiger partial charge in [0.25, 0.3) is 0 Å². The Balaban J connectivity index is 2.59. The van der Waals surface area contributed by atoms with Crippen LogP contribution in [0.5, 0.6) is 0 Å². The molecule has 0 bridgehead atoms. The molecule has 0 aliphatic heterocycles. The number of nitriles is 1. The van der Waals surface area contributed by atoms with E-state index in [1.807, 2.05) is 6.07 Å². The number of nitrogens with two attached hydrogens (primary N) is 1. The molecule has 0 aliphatic rings. The van der Waals surface area contributed by atoms with Crippen LogP contribution in [-0.2, 0) is 0 Å². The number of nitrogens with zero attached hydrogens (tertiary/aromatic N) is 2. The van der Waals surface area contributed by atoms with Gasteiger partial charge in [0, 0.05) is 24.0 Å². The van der Waals surface area contributed by atoms with Crippen LogP contribution >= 0.6 is 0 Å². The molecule has 0 fully saturated rings. The molecule has 0 aliphatic carbocycles. The van der Waals surface area contributed by atoms with Crippen LogP contribution < -0.4 is 5.73 Å². The lowest BCUT2D eigenvalue weighted by Crippen LogP contribution is -2.03. The van der Waals surface area contributed by atoms with E-state index in [-0.39, 0.29) is 16.8 Å². The molecule has 0 spiro atoms. The molecule has 0 radical (unpaired) electrons. The zero-order chi connectivity index (χ0) is 13.8. The van der Waals surface area contributed by atoms with E-state index in [1.165, 1.54) is 18.5 Å². The van der Waals surface area contributed by atoms with E-state index < -0.39 is 11.6 Å². The summed E-state index contributed by atoms with van der Waals surface area (Å²) < 4.78 is 26.5. The van der Waals surface area contributed by atoms with Gasteiger partial charge in [-0.3, -0.25) is 4.98 Å². The maximum Gasteiger partial charge on any atom is 0.135 e. The predicted octanol–water partition coefficient (Wildman–Crippen LogP) is 2.71. The van der Waals surface area contributed by atoms with Crippen molar-refractivity contribution in [2.45, 2.75) is 0 Å². The standard InChI is InChI=1S/C14H9F2N3/c15-10-1-2-11(13(16)7-10)14(18)12(8-17)9-3-5-19-6-4-9/h1-7H,18H2/b14-12-. The summed E-state index contributed by atoms with van der Waals surface area (Å²) in [5.74, 6) is -1.50. The topological polar surface area (TPSA) is 62.7 Å². The molecule has 0 amide bonds. The van der Waals surface area contributed by atoms with Crippen molar-refractivity contribution in [3.8, 4) is 6.07 Å². The smallest absolute Gasteiger partial charge is 0.135 e. The average molecular weight is 257 g/mol. The maximum atomic E-state index is 13.6. The highest BCUT2D eigenvalue weighted by Crippen LogP contribution is 2.24. The van der Waals surface area contributed by atoms with Gasteiger partial charge in [-0.15, -0.1) is 0 Å². The van der Waals surface area contributed by atoms with E-state index in [0.717, 1.165) is 12.1 Å². The Hall–Kier alpha value is -2.74. The number of hydrogen-bond donors (Lipinski definition) is 1. The minimum atomic E-state index is -0.806. The SMILES string of the molecule is N#C/C(=C(/N)c1ccc(F)cc1F)c1ccncc1. The molecule has 0 unspecified atom stereocenters. The highest BCUT2D eigenvalue weighted by Gasteiger charge is 2.12. The first-order valence-corrected chi connectivity index (χ1v) is 5.39. The van der Waals surface area contributed by atoms with E-state index in [1.54, 1.807) is 12.1 Å². The van der Waals surface area contributed by atoms with Gasteiger partial charge < -0.3 is 5.73 Å². The number of hydrogen-bond acceptors (Lipinski definition) is 3. The van der Waals surface area contributed by atoms with Crippen molar-refractivity contribution >= 4 is 11.3 Å². The summed E-state index contributed by atoms with van der Waals surface area (Å²) in [6.07, 6.45) is 3.00. The molecule has 19 heavy (non-hydrogen) atoms. The van der Waals surface area contributed by atoms with E-state index in [2.05, 4.69) is 4.98 Å². The van der Waals surface area contributed by atoms with Gasteiger partial charge in [-0.2, -0.15) is 5.26 Å². The lowest BCUT2D eigenvalue weighted by molar-refractivity contribution is 0.581. The molecule has 1 heterocycles. The number of allylic oxidation sites excluding steroid dienone is 1. The molecule has 2 N–H and O–H groups in total. The zero-order valence-electron chi connectivity index (χ0n) is 9.77. The highest BCUT2D eigenvalue weighted by atomic mass is 19.1. The van der Waals surface area contributed by atoms with Gasteiger partial charge in [0.15, 0.2) is 0 Å². The predicted molar refractivity (Wildman–Crippen MR) is 67.2 cm³/mol. The molecule has 1 aromatic heterocycles. The van der Waals surface area contributed by atoms with E-state index in [9.17, 15) is 8.78 Å². The normalized spacial score (nSPS) is 11.6. The third kappa shape index (κ3) is 2.58. The highest BCUT2D eigenvalue weighted by molar-refractivity contribution is 5.95. The Morgan fingerprint density at radius 3 is 2.42 bits per heavy atom. The molecule has 1 aromatic carbocycles. The third-order valence-corrected chi connectivity index (χ3v) is 2.57. The quantitative estimate of drug-likeness (QED) is 0.841. The number of aromatic nitrogens is 1. The van der Waals surface area contributed by atoms with Crippen molar-refractivity contribution in [2.24, 2.45) is 5.73 Å². The van der Waals surface area contributed by atoms with Crippen molar-refractivity contribution in [2.75, 3.05) is 0 Å². The van der Waals surface area contributed by atoms with Crippen LogP contribution in [0.25, 0.3) is 11.3 Å². The molecule has 2 aromatic rings. The van der Waals surface area contributed by atoms with Crippen LogP contribution in [0.3, 0.4) is 0 Å². The summed E-state index contributed by atoms with van der Waals surface area (Å²) >= 11 is 0. The number of rotatable bonds is 2. The summed E-state index contributed by atoms with van der Waals surface area (Å²) in [6.45, 7) is 0. The second-order valence-corrected chi connectivity index (χ2v) is 3.76. The van der Waals surface area contributed by atoms with Crippen molar-refractivity contribution in [1.82, 2.24) is 4.98 Å². The summed E-state index contributed by atoms with van der Waals surface area (Å²) in [5.41, 5.74) is 6.41. The van der Waals surface area contributed by atoms with Crippen LogP contribution in [0.15, 0.2) is 42.7 Å². The molecule has 0 saturated heterocycles. The molecule has 5 heteroatoms. The van der Waals surface area contributed by atoms with Crippen molar-refractivity contribution in [3.63, 3.8) is 0 Å². The van der Waals surface area contributed by atoms with Crippen molar-refractivity contribution in [3.05, 3.63) is 65.5 Å². The van der Waals surface area contributed by atoms with Crippen molar-refractivity contribution in [1.29, 1.82) is 5.26 Å². The Kier molecular flexibility index (Phi) is 3.53. The average Bonchev–Trinajstić information content (AvgIpc) is 2.40. The van der Waals surface area contributed by atoms with Gasteiger partial charge in [-0.05, 0) is 29.8 Å². The molecular weight excluding hydrogens is 248 g/mol. The van der Waals surface area contributed by atoms with Gasteiger partial charge in [-0.25, -0.2) is 8.78 Å². The molecular formula is C14H9F2N3. The maximum absolute atomic E-state index is 13.6. The summed E-state index contributed by atoms with van der Waals surface area (Å²) in [4.78, 5) is 3.83. The molecule has 3 nitrogen and oxygen atoms in total. The number of benzene rings is 1. The summed E-state index contributed by atoms with van der Waals surface area (Å²) in [6, 6.07) is 8.13. The van der Waals surface area contributed by atoms with Crippen LogP contribution in [-0.4, -0.2) is 4.98 Å². The summed E-state index contributed by atoms with van der Waals surface area (Å²) in [5, 5.41) is 9.15. The van der Waals surface area contributed by atoms with Gasteiger partial charge in [0.05, 0.1) is 11.3 Å². The molecule has 94 valence electrons. The largest absolute Gasteiger partial charge is 0.397 e. The first-order valence-electron chi connectivity index (χ1n) is 5.39. The molecule has 0 atom stereocenters. The van der Waals surface area contributed by atoms with E-state index >= 15 is 0 Å². The Bertz CT molecular complexity index is 673. The van der Waals surface area contributed by atoms with Crippen LogP contribution in [0.4, 0.5) is 8.78 Å². The number of pyridine rings is 1. The Morgan fingerprint density at radius 2 is 1.84 bits per heavy atom. The monoisotopic (exact) mass is 257 g/mol. The van der Waals surface area contributed by atoms with Crippen LogP contribution in [0, 0.1) is 23.0 Å². The Labute approximate surface area is 108 Å². The lowest BCUT2D eigenvalue weighted by Gasteiger charge is -2.07. The van der Waals surface area contributed by atoms with E-state index in [0.29, 0.717) is 5.56 Å². The summed E-state index contributed by atoms with van der Waals surface area (Å²) in [7, 11) is 0. The third-order valence-electron chi connectivity index (χ3n) is 2.57. The van der Waals surface area contributed by atoms with Gasteiger partial charge in [-0.1, -0.05) is 0 Å². The fraction of sp³-hybridized carbons (Fsp3) is 0.